The molecule has 1 aromatic heterocycles. The minimum absolute atomic E-state index is 0.00836. The fourth-order valence-corrected chi connectivity index (χ4v) is 3.57. The summed E-state index contributed by atoms with van der Waals surface area (Å²) in [6, 6.07) is 4.06. The Bertz CT molecular complexity index is 791. The molecule has 4 nitrogen and oxygen atoms in total. The molecule has 1 saturated heterocycles. The first-order valence-corrected chi connectivity index (χ1v) is 8.58. The number of thioether (sulfide) groups is 1. The highest BCUT2D eigenvalue weighted by Gasteiger charge is 2.33. The maximum atomic E-state index is 13.9. The normalized spacial score (nSPS) is 17.5. The molecule has 2 heterocycles. The van der Waals surface area contributed by atoms with Gasteiger partial charge in [0, 0.05) is 29.1 Å². The third-order valence-electron chi connectivity index (χ3n) is 3.63. The van der Waals surface area contributed by atoms with Crippen LogP contribution in [0.1, 0.15) is 22.5 Å². The summed E-state index contributed by atoms with van der Waals surface area (Å²) in [4.78, 5) is 19.4. The highest BCUT2D eigenvalue weighted by atomic mass is 32.2. The van der Waals surface area contributed by atoms with Crippen LogP contribution in [-0.2, 0) is 6.18 Å². The molecule has 1 aliphatic heterocycles. The molecule has 0 bridgehead atoms. The van der Waals surface area contributed by atoms with Gasteiger partial charge in [-0.25, -0.2) is 14.4 Å². The lowest BCUT2D eigenvalue weighted by Crippen LogP contribution is -2.34. The minimum Gasteiger partial charge on any atom is -0.348 e. The van der Waals surface area contributed by atoms with Crippen molar-refractivity contribution in [1.29, 1.82) is 0 Å². The molecule has 1 aromatic carbocycles. The Labute approximate surface area is 145 Å². The van der Waals surface area contributed by atoms with Crippen LogP contribution in [0, 0.1) is 5.82 Å². The zero-order valence-corrected chi connectivity index (χ0v) is 13.6. The number of alkyl halides is 3. The first-order valence-electron chi connectivity index (χ1n) is 7.43. The molecule has 1 amide bonds. The first-order chi connectivity index (χ1) is 11.8. The van der Waals surface area contributed by atoms with E-state index in [1.54, 1.807) is 11.8 Å². The van der Waals surface area contributed by atoms with Gasteiger partial charge in [0.15, 0.2) is 5.82 Å². The first kappa shape index (κ1) is 17.7. The highest BCUT2D eigenvalue weighted by Crippen LogP contribution is 2.29. The summed E-state index contributed by atoms with van der Waals surface area (Å²) in [6.45, 7) is 0. The van der Waals surface area contributed by atoms with E-state index in [0.717, 1.165) is 42.3 Å². The standard InChI is InChI=1S/C16H13F4N3OS/c17-11-6-9(14-21-3-1-13(23-14)16(18,19)20)5-10(7-11)15(24)22-12-2-4-25-8-12/h1,3,5-7,12H,2,4,8H2,(H,22,24). The molecule has 1 N–H and O–H groups in total. The molecule has 1 atom stereocenters. The van der Waals surface area contributed by atoms with Crippen molar-refractivity contribution in [3.05, 3.63) is 47.5 Å². The molecule has 1 aliphatic rings. The molecule has 25 heavy (non-hydrogen) atoms. The number of carbonyl (C=O) groups is 1. The second-order valence-corrected chi connectivity index (χ2v) is 6.68. The van der Waals surface area contributed by atoms with Crippen molar-refractivity contribution in [2.45, 2.75) is 18.6 Å². The van der Waals surface area contributed by atoms with Gasteiger partial charge in [-0.3, -0.25) is 4.79 Å². The molecule has 132 valence electrons. The summed E-state index contributed by atoms with van der Waals surface area (Å²) < 4.78 is 52.2. The van der Waals surface area contributed by atoms with Crippen molar-refractivity contribution in [3.63, 3.8) is 0 Å². The van der Waals surface area contributed by atoms with E-state index in [1.165, 1.54) is 6.07 Å². The number of carbonyl (C=O) groups excluding carboxylic acids is 1. The average molecular weight is 371 g/mol. The van der Waals surface area contributed by atoms with Crippen LogP contribution < -0.4 is 5.32 Å². The number of aromatic nitrogens is 2. The van der Waals surface area contributed by atoms with E-state index < -0.39 is 23.6 Å². The molecule has 9 heteroatoms. The highest BCUT2D eigenvalue weighted by molar-refractivity contribution is 7.99. The van der Waals surface area contributed by atoms with Crippen LogP contribution in [0.15, 0.2) is 30.5 Å². The van der Waals surface area contributed by atoms with Crippen molar-refractivity contribution in [1.82, 2.24) is 15.3 Å². The molecule has 2 aromatic rings. The largest absolute Gasteiger partial charge is 0.433 e. The number of hydrogen-bond acceptors (Lipinski definition) is 4. The van der Waals surface area contributed by atoms with Gasteiger partial charge in [0.2, 0.25) is 0 Å². The lowest BCUT2D eigenvalue weighted by Gasteiger charge is -2.12. The Morgan fingerprint density at radius 3 is 2.76 bits per heavy atom. The summed E-state index contributed by atoms with van der Waals surface area (Å²) in [5.41, 5.74) is -1.10. The quantitative estimate of drug-likeness (QED) is 0.839. The summed E-state index contributed by atoms with van der Waals surface area (Å²) >= 11 is 1.71. The van der Waals surface area contributed by atoms with Crippen molar-refractivity contribution < 1.29 is 22.4 Å². The average Bonchev–Trinajstić information content (AvgIpc) is 3.06. The van der Waals surface area contributed by atoms with Crippen LogP contribution in [-0.4, -0.2) is 33.4 Å². The number of amides is 1. The van der Waals surface area contributed by atoms with Crippen molar-refractivity contribution in [3.8, 4) is 11.4 Å². The number of benzene rings is 1. The van der Waals surface area contributed by atoms with Crippen LogP contribution in [0.2, 0.25) is 0 Å². The summed E-state index contributed by atoms with van der Waals surface area (Å²) in [5, 5.41) is 2.79. The van der Waals surface area contributed by atoms with Crippen LogP contribution >= 0.6 is 11.8 Å². The van der Waals surface area contributed by atoms with Crippen molar-refractivity contribution in [2.75, 3.05) is 11.5 Å². The van der Waals surface area contributed by atoms with Gasteiger partial charge in [-0.2, -0.15) is 24.9 Å². The molecule has 3 rings (SSSR count). The zero-order chi connectivity index (χ0) is 18.0. The molecule has 1 fully saturated rings. The second kappa shape index (κ2) is 6.99. The van der Waals surface area contributed by atoms with E-state index in [0.29, 0.717) is 0 Å². The van der Waals surface area contributed by atoms with E-state index in [4.69, 9.17) is 0 Å². The fraction of sp³-hybridized carbons (Fsp3) is 0.312. The van der Waals surface area contributed by atoms with Gasteiger partial charge in [-0.1, -0.05) is 0 Å². The summed E-state index contributed by atoms with van der Waals surface area (Å²) in [5.74, 6) is 0.215. The number of halogens is 4. The number of nitrogens with one attached hydrogen (secondary N) is 1. The van der Waals surface area contributed by atoms with Gasteiger partial charge in [0.25, 0.3) is 5.91 Å². The maximum absolute atomic E-state index is 13.9. The van der Waals surface area contributed by atoms with E-state index in [-0.39, 0.29) is 23.0 Å². The van der Waals surface area contributed by atoms with E-state index in [9.17, 15) is 22.4 Å². The summed E-state index contributed by atoms with van der Waals surface area (Å²) in [7, 11) is 0. The fourth-order valence-electron chi connectivity index (χ4n) is 2.42. The predicted octanol–water partition coefficient (Wildman–Crippen LogP) is 3.54. The Hall–Kier alpha value is -2.16. The van der Waals surface area contributed by atoms with Crippen molar-refractivity contribution >= 4 is 17.7 Å². The molecule has 0 aliphatic carbocycles. The molecule has 1 unspecified atom stereocenters. The Kier molecular flexibility index (Phi) is 4.94. The lowest BCUT2D eigenvalue weighted by atomic mass is 10.1. The second-order valence-electron chi connectivity index (χ2n) is 5.53. The molecule has 0 saturated carbocycles. The van der Waals surface area contributed by atoms with Crippen LogP contribution in [0.5, 0.6) is 0 Å². The molecular formula is C16H13F4N3OS. The molecular weight excluding hydrogens is 358 g/mol. The van der Waals surface area contributed by atoms with Crippen LogP contribution in [0.3, 0.4) is 0 Å². The van der Waals surface area contributed by atoms with Gasteiger partial charge in [-0.15, -0.1) is 0 Å². The zero-order valence-electron chi connectivity index (χ0n) is 12.8. The van der Waals surface area contributed by atoms with Crippen LogP contribution in [0.25, 0.3) is 11.4 Å². The third-order valence-corrected chi connectivity index (χ3v) is 4.79. The Morgan fingerprint density at radius 1 is 1.28 bits per heavy atom. The summed E-state index contributed by atoms with van der Waals surface area (Å²) in [6.07, 6.45) is -2.85. The van der Waals surface area contributed by atoms with Crippen molar-refractivity contribution in [2.24, 2.45) is 0 Å². The van der Waals surface area contributed by atoms with Gasteiger partial charge < -0.3 is 5.32 Å². The molecule has 0 radical (unpaired) electrons. The third kappa shape index (κ3) is 4.28. The smallest absolute Gasteiger partial charge is 0.348 e. The van der Waals surface area contributed by atoms with E-state index in [1.807, 2.05) is 0 Å². The number of nitrogens with zero attached hydrogens (tertiary/aromatic N) is 2. The van der Waals surface area contributed by atoms with Gasteiger partial charge >= 0.3 is 6.18 Å². The van der Waals surface area contributed by atoms with Gasteiger partial charge in [-0.05, 0) is 36.4 Å². The molecule has 0 spiro atoms. The topological polar surface area (TPSA) is 54.9 Å². The van der Waals surface area contributed by atoms with Crippen LogP contribution in [0.4, 0.5) is 17.6 Å². The Morgan fingerprint density at radius 2 is 2.08 bits per heavy atom. The monoisotopic (exact) mass is 371 g/mol. The lowest BCUT2D eigenvalue weighted by molar-refractivity contribution is -0.141. The SMILES string of the molecule is O=C(NC1CCSC1)c1cc(F)cc(-c2nccc(C(F)(F)F)n2)c1. The Balaban J connectivity index is 1.90. The maximum Gasteiger partial charge on any atom is 0.433 e. The van der Waals surface area contributed by atoms with E-state index >= 15 is 0 Å². The minimum atomic E-state index is -4.63. The van der Waals surface area contributed by atoms with E-state index in [2.05, 4.69) is 15.3 Å². The number of hydrogen-bond donors (Lipinski definition) is 1. The van der Waals surface area contributed by atoms with Gasteiger partial charge in [0.1, 0.15) is 11.5 Å². The predicted molar refractivity (Wildman–Crippen MR) is 85.6 cm³/mol. The van der Waals surface area contributed by atoms with Gasteiger partial charge in [0.05, 0.1) is 0 Å². The number of rotatable bonds is 3.